The van der Waals surface area contributed by atoms with E-state index in [4.69, 9.17) is 5.73 Å². The second-order valence-electron chi connectivity index (χ2n) is 4.50. The Hall–Kier alpha value is -0.580. The van der Waals surface area contributed by atoms with Crippen LogP contribution in [0.4, 0.5) is 4.39 Å². The van der Waals surface area contributed by atoms with Gasteiger partial charge in [-0.05, 0) is 24.6 Å². The molecule has 0 saturated carbocycles. The largest absolute Gasteiger partial charge is 0.326 e. The average Bonchev–Trinajstić information content (AvgIpc) is 2.33. The van der Waals surface area contributed by atoms with E-state index in [9.17, 15) is 4.39 Å². The summed E-state index contributed by atoms with van der Waals surface area (Å²) in [6.45, 7) is 4.15. The van der Waals surface area contributed by atoms with Crippen LogP contribution in [-0.2, 0) is 0 Å². The number of nitrogens with two attached hydrogens (primary N) is 1. The van der Waals surface area contributed by atoms with Crippen molar-refractivity contribution in [1.29, 1.82) is 0 Å². The fourth-order valence-electron chi connectivity index (χ4n) is 2.36. The van der Waals surface area contributed by atoms with Gasteiger partial charge in [-0.3, -0.25) is 4.90 Å². The average molecular weight is 254 g/mol. The number of halogens is 1. The molecule has 0 radical (unpaired) electrons. The number of thioether (sulfide) groups is 1. The van der Waals surface area contributed by atoms with Gasteiger partial charge >= 0.3 is 0 Å². The molecule has 1 aromatic rings. The van der Waals surface area contributed by atoms with E-state index < -0.39 is 0 Å². The van der Waals surface area contributed by atoms with Gasteiger partial charge in [0.1, 0.15) is 5.82 Å². The van der Waals surface area contributed by atoms with Crippen LogP contribution in [0.3, 0.4) is 0 Å². The lowest BCUT2D eigenvalue weighted by atomic mass is 9.99. The molecule has 2 unspecified atom stereocenters. The highest BCUT2D eigenvalue weighted by Gasteiger charge is 2.25. The zero-order valence-electron chi connectivity index (χ0n) is 10.1. The van der Waals surface area contributed by atoms with Crippen molar-refractivity contribution in [3.05, 3.63) is 35.6 Å². The van der Waals surface area contributed by atoms with Crippen LogP contribution in [0.15, 0.2) is 24.3 Å². The summed E-state index contributed by atoms with van der Waals surface area (Å²) in [5.74, 6) is 2.13. The monoisotopic (exact) mass is 254 g/mol. The van der Waals surface area contributed by atoms with Crippen molar-refractivity contribution in [1.82, 2.24) is 4.90 Å². The minimum absolute atomic E-state index is 0.0589. The van der Waals surface area contributed by atoms with Crippen molar-refractivity contribution in [3.8, 4) is 0 Å². The van der Waals surface area contributed by atoms with Gasteiger partial charge in [-0.2, -0.15) is 11.8 Å². The minimum atomic E-state index is -0.189. The first-order chi connectivity index (χ1) is 8.18. The summed E-state index contributed by atoms with van der Waals surface area (Å²) in [6, 6.07) is 7.00. The molecule has 2 rings (SSSR count). The molecule has 2 nitrogen and oxygen atoms in total. The topological polar surface area (TPSA) is 29.3 Å². The fourth-order valence-corrected chi connectivity index (χ4v) is 3.29. The summed E-state index contributed by atoms with van der Waals surface area (Å²) >= 11 is 1.98. The lowest BCUT2D eigenvalue weighted by Gasteiger charge is -2.36. The van der Waals surface area contributed by atoms with Crippen LogP contribution in [0, 0.1) is 5.82 Å². The van der Waals surface area contributed by atoms with Crippen LogP contribution in [0.5, 0.6) is 0 Å². The van der Waals surface area contributed by atoms with Crippen LogP contribution in [0.25, 0.3) is 0 Å². The molecule has 0 spiro atoms. The summed E-state index contributed by atoms with van der Waals surface area (Å²) in [5, 5.41) is 0. The predicted molar refractivity (Wildman–Crippen MR) is 71.7 cm³/mol. The van der Waals surface area contributed by atoms with Gasteiger partial charge in [0, 0.05) is 36.7 Å². The van der Waals surface area contributed by atoms with Gasteiger partial charge in [-0.15, -0.1) is 0 Å². The molecular weight excluding hydrogens is 235 g/mol. The third-order valence-electron chi connectivity index (χ3n) is 3.15. The first-order valence-corrected chi connectivity index (χ1v) is 7.17. The summed E-state index contributed by atoms with van der Waals surface area (Å²) in [6.07, 6.45) is 0. The summed E-state index contributed by atoms with van der Waals surface area (Å²) in [5.41, 5.74) is 7.21. The Kier molecular flexibility index (Phi) is 4.42. The summed E-state index contributed by atoms with van der Waals surface area (Å²) in [4.78, 5) is 2.41. The number of nitrogens with zero attached hydrogens (tertiary/aromatic N) is 1. The molecule has 1 saturated heterocycles. The normalized spacial score (nSPS) is 21.1. The Morgan fingerprint density at radius 2 is 1.82 bits per heavy atom. The Labute approximate surface area is 106 Å². The Bertz CT molecular complexity index is 347. The second-order valence-corrected chi connectivity index (χ2v) is 5.73. The van der Waals surface area contributed by atoms with Gasteiger partial charge in [0.2, 0.25) is 0 Å². The fraction of sp³-hybridized carbons (Fsp3) is 0.538. The number of benzene rings is 1. The molecular formula is C13H19FN2S. The van der Waals surface area contributed by atoms with E-state index in [-0.39, 0.29) is 17.9 Å². The van der Waals surface area contributed by atoms with Crippen LogP contribution >= 0.6 is 11.8 Å². The molecule has 0 bridgehead atoms. The van der Waals surface area contributed by atoms with E-state index in [1.807, 2.05) is 30.8 Å². The van der Waals surface area contributed by atoms with Crippen LogP contribution < -0.4 is 5.73 Å². The summed E-state index contributed by atoms with van der Waals surface area (Å²) < 4.78 is 12.9. The number of rotatable bonds is 3. The smallest absolute Gasteiger partial charge is 0.123 e. The molecule has 2 N–H and O–H groups in total. The highest BCUT2D eigenvalue weighted by Crippen LogP contribution is 2.26. The van der Waals surface area contributed by atoms with Gasteiger partial charge in [-0.25, -0.2) is 4.39 Å². The van der Waals surface area contributed by atoms with Crippen LogP contribution in [0.1, 0.15) is 18.5 Å². The molecule has 1 fully saturated rings. The van der Waals surface area contributed by atoms with E-state index in [2.05, 4.69) is 4.90 Å². The molecule has 94 valence electrons. The van der Waals surface area contributed by atoms with Gasteiger partial charge in [0.25, 0.3) is 0 Å². The van der Waals surface area contributed by atoms with Gasteiger partial charge in [0.15, 0.2) is 0 Å². The van der Waals surface area contributed by atoms with Gasteiger partial charge in [0.05, 0.1) is 0 Å². The standard InChI is InChI=1S/C13H19FN2S/c1-10(15)13(16-6-8-17-9-7-16)11-2-4-12(14)5-3-11/h2-5,10,13H,6-9,15H2,1H3. The van der Waals surface area contributed by atoms with E-state index in [1.54, 1.807) is 0 Å². The van der Waals surface area contributed by atoms with E-state index in [0.29, 0.717) is 0 Å². The van der Waals surface area contributed by atoms with Gasteiger partial charge in [-0.1, -0.05) is 12.1 Å². The second kappa shape index (κ2) is 5.85. The lowest BCUT2D eigenvalue weighted by molar-refractivity contribution is 0.195. The third kappa shape index (κ3) is 3.21. The van der Waals surface area contributed by atoms with E-state index >= 15 is 0 Å². The molecule has 17 heavy (non-hydrogen) atoms. The Morgan fingerprint density at radius 1 is 1.24 bits per heavy atom. The molecule has 2 atom stereocenters. The SMILES string of the molecule is CC(N)C(c1ccc(F)cc1)N1CCSCC1. The molecule has 0 amide bonds. The molecule has 1 aromatic carbocycles. The van der Waals surface area contributed by atoms with Crippen molar-refractivity contribution in [2.24, 2.45) is 5.73 Å². The molecule has 1 aliphatic heterocycles. The quantitative estimate of drug-likeness (QED) is 0.897. The highest BCUT2D eigenvalue weighted by atomic mass is 32.2. The van der Waals surface area contributed by atoms with Crippen molar-refractivity contribution in [2.75, 3.05) is 24.6 Å². The predicted octanol–water partition coefficient (Wildman–Crippen LogP) is 2.26. The van der Waals surface area contributed by atoms with Crippen molar-refractivity contribution >= 4 is 11.8 Å². The highest BCUT2D eigenvalue weighted by molar-refractivity contribution is 7.99. The molecule has 0 aromatic heterocycles. The maximum Gasteiger partial charge on any atom is 0.123 e. The van der Waals surface area contributed by atoms with E-state index in [1.165, 1.54) is 12.1 Å². The minimum Gasteiger partial charge on any atom is -0.326 e. The van der Waals surface area contributed by atoms with Crippen molar-refractivity contribution in [3.63, 3.8) is 0 Å². The third-order valence-corrected chi connectivity index (χ3v) is 4.09. The zero-order valence-corrected chi connectivity index (χ0v) is 10.9. The maximum absolute atomic E-state index is 12.9. The van der Waals surface area contributed by atoms with Crippen molar-refractivity contribution in [2.45, 2.75) is 19.0 Å². The Morgan fingerprint density at radius 3 is 2.35 bits per heavy atom. The van der Waals surface area contributed by atoms with E-state index in [0.717, 1.165) is 30.2 Å². The maximum atomic E-state index is 12.9. The molecule has 0 aliphatic carbocycles. The molecule has 4 heteroatoms. The summed E-state index contributed by atoms with van der Waals surface area (Å²) in [7, 11) is 0. The van der Waals surface area contributed by atoms with Crippen molar-refractivity contribution < 1.29 is 4.39 Å². The molecule has 1 heterocycles. The molecule has 1 aliphatic rings. The van der Waals surface area contributed by atoms with Crippen LogP contribution in [0.2, 0.25) is 0 Å². The van der Waals surface area contributed by atoms with Gasteiger partial charge < -0.3 is 5.73 Å². The zero-order chi connectivity index (χ0) is 12.3. The lowest BCUT2D eigenvalue weighted by Crippen LogP contribution is -2.43. The Balaban J connectivity index is 2.18. The number of hydrogen-bond acceptors (Lipinski definition) is 3. The first kappa shape index (κ1) is 12.9. The first-order valence-electron chi connectivity index (χ1n) is 6.01. The van der Waals surface area contributed by atoms with Crippen LogP contribution in [-0.4, -0.2) is 35.5 Å². The number of hydrogen-bond donors (Lipinski definition) is 1.